The van der Waals surface area contributed by atoms with E-state index in [0.717, 1.165) is 16.7 Å². The standard InChI is InChI=1S/C18H24N4O4S/c1-5-11-10-12-14(19-13(16(23)24)20-15(12)27-11)21-6-8-22(9-7-21)17(25)26-18(2,3)4/h10H,5-9H2,1-4H3,(H,23,24). The molecule has 3 rings (SSSR count). The van der Waals surface area contributed by atoms with Crippen LogP contribution in [0, 0.1) is 0 Å². The number of piperazine rings is 1. The number of carboxylic acids is 1. The number of fused-ring (bicyclic) bond motifs is 1. The van der Waals surface area contributed by atoms with Gasteiger partial charge in [-0.3, -0.25) is 0 Å². The Morgan fingerprint density at radius 1 is 1.22 bits per heavy atom. The number of carbonyl (C=O) groups excluding carboxylic acids is 1. The lowest BCUT2D eigenvalue weighted by molar-refractivity contribution is 0.0240. The summed E-state index contributed by atoms with van der Waals surface area (Å²) in [4.78, 5) is 37.6. The number of aromatic carboxylic acids is 1. The lowest BCUT2D eigenvalue weighted by Gasteiger charge is -2.36. The van der Waals surface area contributed by atoms with Crippen molar-refractivity contribution >= 4 is 39.4 Å². The van der Waals surface area contributed by atoms with Gasteiger partial charge in [0.1, 0.15) is 16.2 Å². The Balaban J connectivity index is 1.83. The quantitative estimate of drug-likeness (QED) is 0.858. The monoisotopic (exact) mass is 392 g/mol. The Morgan fingerprint density at radius 2 is 1.89 bits per heavy atom. The zero-order valence-electron chi connectivity index (χ0n) is 16.0. The van der Waals surface area contributed by atoms with Crippen LogP contribution >= 0.6 is 11.3 Å². The van der Waals surface area contributed by atoms with Crippen molar-refractivity contribution in [2.45, 2.75) is 39.7 Å². The molecule has 0 radical (unpaired) electrons. The first kappa shape index (κ1) is 19.3. The van der Waals surface area contributed by atoms with Gasteiger partial charge in [0.2, 0.25) is 5.82 Å². The minimum absolute atomic E-state index is 0.198. The molecular weight excluding hydrogens is 368 g/mol. The summed E-state index contributed by atoms with van der Waals surface area (Å²) in [7, 11) is 0. The topological polar surface area (TPSA) is 95.9 Å². The number of amides is 1. The van der Waals surface area contributed by atoms with Crippen LogP contribution in [0.3, 0.4) is 0 Å². The number of ether oxygens (including phenoxy) is 1. The number of carboxylic acid groups (broad SMARTS) is 1. The number of hydrogen-bond donors (Lipinski definition) is 1. The highest BCUT2D eigenvalue weighted by Crippen LogP contribution is 2.32. The highest BCUT2D eigenvalue weighted by Gasteiger charge is 2.28. The number of thiophene rings is 1. The molecule has 0 aromatic carbocycles. The molecule has 9 heteroatoms. The first-order valence-corrected chi connectivity index (χ1v) is 9.76. The second kappa shape index (κ2) is 7.30. The van der Waals surface area contributed by atoms with Gasteiger partial charge in [-0.1, -0.05) is 6.92 Å². The van der Waals surface area contributed by atoms with Gasteiger partial charge in [0.05, 0.1) is 5.39 Å². The van der Waals surface area contributed by atoms with Crippen molar-refractivity contribution in [3.05, 3.63) is 16.8 Å². The van der Waals surface area contributed by atoms with Crippen molar-refractivity contribution < 1.29 is 19.4 Å². The van der Waals surface area contributed by atoms with E-state index in [0.29, 0.717) is 36.8 Å². The van der Waals surface area contributed by atoms with Crippen LogP contribution in [0.5, 0.6) is 0 Å². The summed E-state index contributed by atoms with van der Waals surface area (Å²) < 4.78 is 5.42. The lowest BCUT2D eigenvalue weighted by atomic mass is 10.2. The molecule has 0 saturated carbocycles. The van der Waals surface area contributed by atoms with Crippen LogP contribution in [-0.4, -0.2) is 63.8 Å². The number of rotatable bonds is 3. The van der Waals surface area contributed by atoms with E-state index in [1.165, 1.54) is 11.3 Å². The van der Waals surface area contributed by atoms with E-state index >= 15 is 0 Å². The van der Waals surface area contributed by atoms with Gasteiger partial charge in [0.15, 0.2) is 0 Å². The molecule has 1 N–H and O–H groups in total. The smallest absolute Gasteiger partial charge is 0.410 e. The number of hydrogen-bond acceptors (Lipinski definition) is 7. The number of aromatic nitrogens is 2. The molecule has 27 heavy (non-hydrogen) atoms. The predicted octanol–water partition coefficient (Wildman–Crippen LogP) is 3.01. The first-order chi connectivity index (χ1) is 12.7. The molecule has 2 aromatic rings. The van der Waals surface area contributed by atoms with Gasteiger partial charge < -0.3 is 19.6 Å². The average Bonchev–Trinajstić information content (AvgIpc) is 3.02. The Kier molecular flexibility index (Phi) is 5.23. The minimum Gasteiger partial charge on any atom is -0.475 e. The summed E-state index contributed by atoms with van der Waals surface area (Å²) in [5, 5.41) is 10.2. The molecule has 1 fully saturated rings. The minimum atomic E-state index is -1.14. The summed E-state index contributed by atoms with van der Waals surface area (Å²) >= 11 is 1.49. The first-order valence-electron chi connectivity index (χ1n) is 8.94. The molecule has 0 unspecified atom stereocenters. The largest absolute Gasteiger partial charge is 0.475 e. The van der Waals surface area contributed by atoms with Crippen LogP contribution in [-0.2, 0) is 11.2 Å². The molecule has 2 aromatic heterocycles. The van der Waals surface area contributed by atoms with Crippen molar-refractivity contribution in [3.63, 3.8) is 0 Å². The van der Waals surface area contributed by atoms with Gasteiger partial charge in [0.25, 0.3) is 0 Å². The third-order valence-corrected chi connectivity index (χ3v) is 5.37. The van der Waals surface area contributed by atoms with Gasteiger partial charge in [-0.05, 0) is 33.3 Å². The maximum atomic E-state index is 12.2. The second-order valence-corrected chi connectivity index (χ2v) is 8.53. The summed E-state index contributed by atoms with van der Waals surface area (Å²) in [6.45, 7) is 9.68. The summed E-state index contributed by atoms with van der Waals surface area (Å²) in [5.74, 6) is -0.717. The number of anilines is 1. The maximum Gasteiger partial charge on any atom is 0.410 e. The Labute approximate surface area is 161 Å². The van der Waals surface area contributed by atoms with Crippen LogP contribution in [0.15, 0.2) is 6.07 Å². The third-order valence-electron chi connectivity index (χ3n) is 4.19. The van der Waals surface area contributed by atoms with E-state index in [1.54, 1.807) is 4.90 Å². The highest BCUT2D eigenvalue weighted by atomic mass is 32.1. The van der Waals surface area contributed by atoms with Crippen molar-refractivity contribution in [2.24, 2.45) is 0 Å². The molecule has 0 aliphatic carbocycles. The molecule has 1 aliphatic heterocycles. The Morgan fingerprint density at radius 3 is 2.44 bits per heavy atom. The van der Waals surface area contributed by atoms with Crippen LogP contribution in [0.1, 0.15) is 43.2 Å². The van der Waals surface area contributed by atoms with Crippen molar-refractivity contribution in [2.75, 3.05) is 31.1 Å². The number of aryl methyl sites for hydroxylation is 1. The fourth-order valence-electron chi connectivity index (χ4n) is 2.89. The van der Waals surface area contributed by atoms with Gasteiger partial charge in [-0.2, -0.15) is 0 Å². The van der Waals surface area contributed by atoms with Gasteiger partial charge in [0, 0.05) is 31.1 Å². The van der Waals surface area contributed by atoms with E-state index in [2.05, 4.69) is 16.9 Å². The zero-order valence-corrected chi connectivity index (χ0v) is 16.8. The normalized spacial score (nSPS) is 15.3. The lowest BCUT2D eigenvalue weighted by Crippen LogP contribution is -2.50. The van der Waals surface area contributed by atoms with Crippen molar-refractivity contribution in [3.8, 4) is 0 Å². The Hall–Kier alpha value is -2.42. The highest BCUT2D eigenvalue weighted by molar-refractivity contribution is 7.18. The fraction of sp³-hybridized carbons (Fsp3) is 0.556. The molecule has 8 nitrogen and oxygen atoms in total. The van der Waals surface area contributed by atoms with E-state index in [9.17, 15) is 14.7 Å². The number of nitrogens with zero attached hydrogens (tertiary/aromatic N) is 4. The summed E-state index contributed by atoms with van der Waals surface area (Å²) in [5.41, 5.74) is -0.531. The molecule has 3 heterocycles. The van der Waals surface area contributed by atoms with Gasteiger partial charge in [-0.25, -0.2) is 19.6 Å². The maximum absolute atomic E-state index is 12.2. The van der Waals surface area contributed by atoms with Crippen LogP contribution in [0.2, 0.25) is 0 Å². The second-order valence-electron chi connectivity index (χ2n) is 7.42. The van der Waals surface area contributed by atoms with E-state index < -0.39 is 11.6 Å². The third kappa shape index (κ3) is 4.29. The van der Waals surface area contributed by atoms with Gasteiger partial charge in [-0.15, -0.1) is 11.3 Å². The molecule has 0 bridgehead atoms. The predicted molar refractivity (Wildman–Crippen MR) is 104 cm³/mol. The molecule has 1 aliphatic rings. The van der Waals surface area contributed by atoms with E-state index in [4.69, 9.17) is 4.74 Å². The molecular formula is C18H24N4O4S. The van der Waals surface area contributed by atoms with Gasteiger partial charge >= 0.3 is 12.1 Å². The summed E-state index contributed by atoms with van der Waals surface area (Å²) in [6, 6.07) is 2.03. The average molecular weight is 392 g/mol. The van der Waals surface area contributed by atoms with Crippen molar-refractivity contribution in [1.29, 1.82) is 0 Å². The summed E-state index contributed by atoms with van der Waals surface area (Å²) in [6.07, 6.45) is 0.528. The van der Waals surface area contributed by atoms with Crippen LogP contribution < -0.4 is 4.90 Å². The van der Waals surface area contributed by atoms with E-state index in [1.807, 2.05) is 31.7 Å². The van der Waals surface area contributed by atoms with Crippen LogP contribution in [0.25, 0.3) is 10.2 Å². The molecule has 0 spiro atoms. The van der Waals surface area contributed by atoms with E-state index in [-0.39, 0.29) is 11.9 Å². The fourth-order valence-corrected chi connectivity index (χ4v) is 3.86. The van der Waals surface area contributed by atoms with Crippen LogP contribution in [0.4, 0.5) is 10.6 Å². The molecule has 146 valence electrons. The SMILES string of the molecule is CCc1cc2c(N3CCN(C(=O)OC(C)(C)C)CC3)nc(C(=O)O)nc2s1. The zero-order chi connectivity index (χ0) is 19.8. The number of carbonyl (C=O) groups is 2. The molecule has 1 amide bonds. The van der Waals surface area contributed by atoms with Crippen molar-refractivity contribution in [1.82, 2.24) is 14.9 Å². The molecule has 1 saturated heterocycles. The molecule has 0 atom stereocenters. The Bertz CT molecular complexity index is 866.